The Morgan fingerprint density at radius 3 is 2.52 bits per heavy atom. The number of hydrazone groups is 1. The molecule has 3 rings (SSSR count). The highest BCUT2D eigenvalue weighted by Crippen LogP contribution is 2.14. The van der Waals surface area contributed by atoms with Crippen LogP contribution in [0.3, 0.4) is 0 Å². The fraction of sp³-hybridized carbons (Fsp3) is 0.0500. The summed E-state index contributed by atoms with van der Waals surface area (Å²) in [4.78, 5) is 25.1. The summed E-state index contributed by atoms with van der Waals surface area (Å²) < 4.78 is 13.9. The second kappa shape index (κ2) is 8.46. The molecule has 144 valence electrons. The second-order valence-electron chi connectivity index (χ2n) is 5.90. The average molecular weight is 410 g/mol. The molecule has 0 aliphatic heterocycles. The molecule has 2 aromatic carbocycles. The van der Waals surface area contributed by atoms with Gasteiger partial charge >= 0.3 is 0 Å². The van der Waals surface area contributed by atoms with Gasteiger partial charge in [-0.05, 0) is 48.9 Å². The molecule has 0 bridgehead atoms. The lowest BCUT2D eigenvalue weighted by Crippen LogP contribution is -2.31. The summed E-state index contributed by atoms with van der Waals surface area (Å²) in [5.74, 6) is -1.10. The van der Waals surface area contributed by atoms with E-state index in [9.17, 15) is 19.2 Å². The van der Waals surface area contributed by atoms with Gasteiger partial charge in [-0.15, -0.1) is 0 Å². The molecule has 1 heterocycles. The fourth-order valence-corrected chi connectivity index (χ4v) is 2.60. The van der Waals surface area contributed by atoms with E-state index in [-0.39, 0.29) is 22.6 Å². The summed E-state index contributed by atoms with van der Waals surface area (Å²) in [6.45, 7) is 1.46. The van der Waals surface area contributed by atoms with Gasteiger partial charge < -0.3 is 0 Å². The zero-order chi connectivity index (χ0) is 21.0. The highest BCUT2D eigenvalue weighted by Gasteiger charge is 2.20. The molecule has 3 aromatic rings. The third-order valence-corrected chi connectivity index (χ3v) is 4.24. The van der Waals surface area contributed by atoms with Crippen molar-refractivity contribution in [2.75, 3.05) is 0 Å². The standard InChI is InChI=1S/C20H13ClFN5O2/c1-12-17(10-23)20(29)27(16-8-4-14(21)5-9-16)26-18(12)19(28)25-24-11-13-2-6-15(22)7-3-13/h2-9,11H,1H3,(H,25,28)/b24-11+. The van der Waals surface area contributed by atoms with Crippen molar-refractivity contribution in [1.29, 1.82) is 5.26 Å². The number of carbonyl (C=O) groups is 1. The van der Waals surface area contributed by atoms with Crippen molar-refractivity contribution in [3.05, 3.63) is 92.1 Å². The third-order valence-electron chi connectivity index (χ3n) is 3.98. The van der Waals surface area contributed by atoms with Crippen LogP contribution >= 0.6 is 11.6 Å². The Kier molecular flexibility index (Phi) is 5.81. The maximum atomic E-state index is 12.9. The van der Waals surface area contributed by atoms with Crippen LogP contribution in [0.4, 0.5) is 4.39 Å². The number of halogens is 2. The maximum Gasteiger partial charge on any atom is 0.292 e. The molecular weight excluding hydrogens is 397 g/mol. The number of nitrogens with zero attached hydrogens (tertiary/aromatic N) is 4. The molecule has 0 saturated heterocycles. The quantitative estimate of drug-likeness (QED) is 0.528. The van der Waals surface area contributed by atoms with Crippen molar-refractivity contribution in [3.63, 3.8) is 0 Å². The van der Waals surface area contributed by atoms with Crippen LogP contribution in [0.2, 0.25) is 5.02 Å². The lowest BCUT2D eigenvalue weighted by atomic mass is 10.1. The van der Waals surface area contributed by atoms with Crippen LogP contribution in [0, 0.1) is 24.1 Å². The van der Waals surface area contributed by atoms with E-state index in [2.05, 4.69) is 15.6 Å². The second-order valence-corrected chi connectivity index (χ2v) is 6.34. The van der Waals surface area contributed by atoms with E-state index in [0.29, 0.717) is 16.3 Å². The zero-order valence-corrected chi connectivity index (χ0v) is 15.8. The Morgan fingerprint density at radius 1 is 1.24 bits per heavy atom. The molecule has 9 heteroatoms. The first-order valence-electron chi connectivity index (χ1n) is 8.29. The van der Waals surface area contributed by atoms with Gasteiger partial charge in [0, 0.05) is 10.6 Å². The van der Waals surface area contributed by atoms with Gasteiger partial charge in [-0.25, -0.2) is 9.82 Å². The number of nitriles is 1. The van der Waals surface area contributed by atoms with Crippen LogP contribution in [-0.4, -0.2) is 21.9 Å². The normalized spacial score (nSPS) is 10.7. The number of rotatable bonds is 4. The molecule has 0 saturated carbocycles. The first-order chi connectivity index (χ1) is 13.9. The van der Waals surface area contributed by atoms with Crippen LogP contribution in [0.5, 0.6) is 0 Å². The molecule has 0 aliphatic rings. The molecule has 1 aromatic heterocycles. The van der Waals surface area contributed by atoms with Crippen molar-refractivity contribution >= 4 is 23.7 Å². The van der Waals surface area contributed by atoms with Crippen LogP contribution in [0.1, 0.15) is 27.2 Å². The monoisotopic (exact) mass is 409 g/mol. The highest BCUT2D eigenvalue weighted by molar-refractivity contribution is 6.30. The molecular formula is C20H13ClFN5O2. The first kappa shape index (κ1) is 19.9. The van der Waals surface area contributed by atoms with Gasteiger partial charge in [0.05, 0.1) is 11.9 Å². The Bertz CT molecular complexity index is 1200. The minimum absolute atomic E-state index is 0.132. The summed E-state index contributed by atoms with van der Waals surface area (Å²) in [6.07, 6.45) is 1.33. The van der Waals surface area contributed by atoms with Gasteiger partial charge in [0.25, 0.3) is 11.5 Å². The van der Waals surface area contributed by atoms with Crippen molar-refractivity contribution in [2.24, 2.45) is 5.10 Å². The van der Waals surface area contributed by atoms with Crippen molar-refractivity contribution in [2.45, 2.75) is 6.92 Å². The number of aromatic nitrogens is 2. The lowest BCUT2D eigenvalue weighted by Gasteiger charge is -2.10. The average Bonchev–Trinajstić information content (AvgIpc) is 2.71. The van der Waals surface area contributed by atoms with E-state index in [1.165, 1.54) is 37.4 Å². The molecule has 0 radical (unpaired) electrons. The minimum Gasteiger partial charge on any atom is -0.266 e. The Balaban J connectivity index is 1.95. The van der Waals surface area contributed by atoms with Crippen molar-refractivity contribution < 1.29 is 9.18 Å². The Labute approximate surface area is 169 Å². The predicted octanol–water partition coefficient (Wildman–Crippen LogP) is 2.97. The molecule has 7 nitrogen and oxygen atoms in total. The summed E-state index contributed by atoms with van der Waals surface area (Å²) in [6, 6.07) is 13.5. The van der Waals surface area contributed by atoms with Crippen molar-refractivity contribution in [1.82, 2.24) is 15.2 Å². The number of amides is 1. The largest absolute Gasteiger partial charge is 0.292 e. The molecule has 0 aliphatic carbocycles. The topological polar surface area (TPSA) is 100 Å². The summed E-state index contributed by atoms with van der Waals surface area (Å²) in [5, 5.41) is 17.7. The molecule has 0 unspecified atom stereocenters. The lowest BCUT2D eigenvalue weighted by molar-refractivity contribution is 0.0947. The molecule has 29 heavy (non-hydrogen) atoms. The fourth-order valence-electron chi connectivity index (χ4n) is 2.48. The third kappa shape index (κ3) is 4.36. The van der Waals surface area contributed by atoms with E-state index in [1.54, 1.807) is 24.3 Å². The van der Waals surface area contributed by atoms with Gasteiger partial charge in [-0.2, -0.15) is 20.1 Å². The van der Waals surface area contributed by atoms with Gasteiger partial charge in [0.2, 0.25) is 0 Å². The Hall–Kier alpha value is -3.83. The smallest absolute Gasteiger partial charge is 0.266 e. The SMILES string of the molecule is Cc1c(C(=O)N/N=C/c2ccc(F)cc2)nn(-c2ccc(Cl)cc2)c(=O)c1C#N. The van der Waals surface area contributed by atoms with Crippen molar-refractivity contribution in [3.8, 4) is 11.8 Å². The minimum atomic E-state index is -0.708. The van der Waals surface area contributed by atoms with Gasteiger partial charge in [-0.1, -0.05) is 23.7 Å². The van der Waals surface area contributed by atoms with Crippen LogP contribution in [0.15, 0.2) is 58.4 Å². The van der Waals surface area contributed by atoms with Crippen LogP contribution in [0.25, 0.3) is 5.69 Å². The predicted molar refractivity (Wildman–Crippen MR) is 106 cm³/mol. The van der Waals surface area contributed by atoms with Crippen LogP contribution in [-0.2, 0) is 0 Å². The summed E-state index contributed by atoms with van der Waals surface area (Å²) in [5.41, 5.74) is 2.35. The van der Waals surface area contributed by atoms with E-state index in [0.717, 1.165) is 4.68 Å². The van der Waals surface area contributed by atoms with Crippen LogP contribution < -0.4 is 11.0 Å². The molecule has 0 spiro atoms. The number of nitrogens with one attached hydrogen (secondary N) is 1. The zero-order valence-electron chi connectivity index (χ0n) is 15.1. The number of hydrogen-bond acceptors (Lipinski definition) is 5. The highest BCUT2D eigenvalue weighted by atomic mass is 35.5. The summed E-state index contributed by atoms with van der Waals surface area (Å²) in [7, 11) is 0. The van der Waals surface area contributed by atoms with Gasteiger partial charge in [0.15, 0.2) is 5.69 Å². The molecule has 1 amide bonds. The number of hydrogen-bond donors (Lipinski definition) is 1. The number of benzene rings is 2. The molecule has 0 fully saturated rings. The molecule has 1 N–H and O–H groups in total. The van der Waals surface area contributed by atoms with Gasteiger partial charge in [0.1, 0.15) is 17.4 Å². The summed E-state index contributed by atoms with van der Waals surface area (Å²) >= 11 is 5.86. The number of carbonyl (C=O) groups excluding carboxylic acids is 1. The van der Waals surface area contributed by atoms with E-state index in [4.69, 9.17) is 11.6 Å². The van der Waals surface area contributed by atoms with E-state index >= 15 is 0 Å². The first-order valence-corrected chi connectivity index (χ1v) is 8.67. The maximum absolute atomic E-state index is 12.9. The van der Waals surface area contributed by atoms with E-state index < -0.39 is 11.5 Å². The van der Waals surface area contributed by atoms with Gasteiger partial charge in [-0.3, -0.25) is 9.59 Å². The van der Waals surface area contributed by atoms with E-state index in [1.807, 2.05) is 6.07 Å². The molecule has 0 atom stereocenters. The Morgan fingerprint density at radius 2 is 1.90 bits per heavy atom.